The van der Waals surface area contributed by atoms with E-state index < -0.39 is 0 Å². The van der Waals surface area contributed by atoms with Crippen molar-refractivity contribution in [2.45, 2.75) is 91.4 Å². The molecule has 2 nitrogen and oxygen atoms in total. The summed E-state index contributed by atoms with van der Waals surface area (Å²) in [5.41, 5.74) is 6.48. The third kappa shape index (κ3) is 7.56. The minimum atomic E-state index is 0.0182. The molecule has 0 spiro atoms. The second-order valence-corrected chi connectivity index (χ2v) is 11.0. The zero-order valence-electron chi connectivity index (χ0n) is 22.5. The minimum Gasteiger partial charge on any atom is -0.289 e. The average Bonchev–Trinajstić information content (AvgIpc) is 3.32. The molecule has 0 radical (unpaired) electrons. The monoisotopic (exact) mass is 502 g/mol. The highest BCUT2D eigenvalue weighted by molar-refractivity contribution is 8.08. The third-order valence-corrected chi connectivity index (χ3v) is 8.48. The maximum Gasteiger partial charge on any atom is 0.189 e. The van der Waals surface area contributed by atoms with Gasteiger partial charge in [0.05, 0.1) is 0 Å². The maximum atomic E-state index is 12.8. The van der Waals surface area contributed by atoms with Gasteiger partial charge in [0.15, 0.2) is 11.6 Å². The van der Waals surface area contributed by atoms with E-state index in [4.69, 9.17) is 0 Å². The van der Waals surface area contributed by atoms with Gasteiger partial charge in [-0.15, -0.1) is 11.8 Å². The number of thioether (sulfide) groups is 1. The first kappa shape index (κ1) is 28.2. The Morgan fingerprint density at radius 1 is 0.778 bits per heavy atom. The molecule has 1 aromatic rings. The van der Waals surface area contributed by atoms with Gasteiger partial charge in [-0.25, -0.2) is 0 Å². The summed E-state index contributed by atoms with van der Waals surface area (Å²) in [6.07, 6.45) is 18.7. The van der Waals surface area contributed by atoms with Crippen LogP contribution in [-0.2, 0) is 16.0 Å². The SMILES string of the molecule is C=C1C=C(c2ccc(CCCCCCCCCCCC3=C(C)C(=O)C(=C/C)/C(=C\C)C3=O)cc2)SC1. The van der Waals surface area contributed by atoms with Gasteiger partial charge in [0, 0.05) is 33.0 Å². The largest absolute Gasteiger partial charge is 0.289 e. The molecule has 0 bridgehead atoms. The fraction of sp³-hybridized carbons (Fsp3) is 0.455. The molecule has 0 amide bonds. The van der Waals surface area contributed by atoms with Crippen molar-refractivity contribution in [3.8, 4) is 0 Å². The lowest BCUT2D eigenvalue weighted by molar-refractivity contribution is -0.116. The van der Waals surface area contributed by atoms with Gasteiger partial charge in [0.1, 0.15) is 0 Å². The van der Waals surface area contributed by atoms with Crippen LogP contribution in [-0.4, -0.2) is 17.3 Å². The first-order valence-electron chi connectivity index (χ1n) is 13.7. The summed E-state index contributed by atoms with van der Waals surface area (Å²) in [6.45, 7) is 9.52. The van der Waals surface area contributed by atoms with Gasteiger partial charge in [-0.3, -0.25) is 9.59 Å². The Kier molecular flexibility index (Phi) is 11.3. The zero-order chi connectivity index (χ0) is 25.9. The Hall–Kier alpha value is -2.39. The molecule has 0 fully saturated rings. The summed E-state index contributed by atoms with van der Waals surface area (Å²) < 4.78 is 0. The molecule has 192 valence electrons. The highest BCUT2D eigenvalue weighted by atomic mass is 32.2. The summed E-state index contributed by atoms with van der Waals surface area (Å²) in [7, 11) is 0. The fourth-order valence-corrected chi connectivity index (χ4v) is 6.08. The van der Waals surface area contributed by atoms with Crippen molar-refractivity contribution in [2.75, 3.05) is 5.75 Å². The highest BCUT2D eigenvalue weighted by Gasteiger charge is 2.31. The number of ketones is 2. The number of unbranched alkanes of at least 4 members (excludes halogenated alkanes) is 8. The molecule has 36 heavy (non-hydrogen) atoms. The van der Waals surface area contributed by atoms with Crippen molar-refractivity contribution >= 4 is 28.2 Å². The van der Waals surface area contributed by atoms with Gasteiger partial charge in [-0.1, -0.05) is 87.9 Å². The number of carbonyl (C=O) groups excluding carboxylic acids is 2. The molecule has 1 aromatic carbocycles. The number of carbonyl (C=O) groups is 2. The molecule has 1 aliphatic heterocycles. The molecule has 0 aromatic heterocycles. The summed E-state index contributed by atoms with van der Waals surface area (Å²) >= 11 is 1.88. The topological polar surface area (TPSA) is 34.1 Å². The number of rotatable bonds is 13. The van der Waals surface area contributed by atoms with Crippen LogP contribution in [0.2, 0.25) is 0 Å². The molecular formula is C33H42O2S. The zero-order valence-corrected chi connectivity index (χ0v) is 23.3. The first-order chi connectivity index (χ1) is 17.5. The van der Waals surface area contributed by atoms with E-state index in [2.05, 4.69) is 36.9 Å². The van der Waals surface area contributed by atoms with E-state index in [-0.39, 0.29) is 11.6 Å². The lowest BCUT2D eigenvalue weighted by Gasteiger charge is -2.21. The van der Waals surface area contributed by atoms with Gasteiger partial charge in [0.2, 0.25) is 0 Å². The lowest BCUT2D eigenvalue weighted by Crippen LogP contribution is -2.23. The van der Waals surface area contributed by atoms with Crippen LogP contribution in [0.5, 0.6) is 0 Å². The summed E-state index contributed by atoms with van der Waals surface area (Å²) in [5.74, 6) is 1.09. The molecular weight excluding hydrogens is 460 g/mol. The highest BCUT2D eigenvalue weighted by Crippen LogP contribution is 2.36. The van der Waals surface area contributed by atoms with Gasteiger partial charge in [0.25, 0.3) is 0 Å². The van der Waals surface area contributed by atoms with E-state index in [9.17, 15) is 9.59 Å². The van der Waals surface area contributed by atoms with Crippen molar-refractivity contribution in [1.82, 2.24) is 0 Å². The summed E-state index contributed by atoms with van der Waals surface area (Å²) in [6, 6.07) is 9.08. The molecule has 1 heterocycles. The number of aryl methyl sites for hydroxylation is 1. The van der Waals surface area contributed by atoms with Crippen molar-refractivity contribution in [3.63, 3.8) is 0 Å². The molecule has 3 heteroatoms. The van der Waals surface area contributed by atoms with Crippen molar-refractivity contribution in [3.05, 3.63) is 88.1 Å². The average molecular weight is 503 g/mol. The lowest BCUT2D eigenvalue weighted by atomic mass is 9.80. The Labute approximate surface area is 222 Å². The van der Waals surface area contributed by atoms with E-state index in [1.807, 2.05) is 32.5 Å². The predicted octanol–water partition coefficient (Wildman–Crippen LogP) is 9.13. The van der Waals surface area contributed by atoms with Crippen molar-refractivity contribution in [2.24, 2.45) is 0 Å². The quantitative estimate of drug-likeness (QED) is 0.199. The number of allylic oxidation sites excluding steroid dienone is 7. The number of benzene rings is 1. The Bertz CT molecular complexity index is 1080. The molecule has 3 rings (SSSR count). The van der Waals surface area contributed by atoms with Crippen molar-refractivity contribution in [1.29, 1.82) is 0 Å². The first-order valence-corrected chi connectivity index (χ1v) is 14.7. The molecule has 0 saturated heterocycles. The molecule has 2 aliphatic rings. The van der Waals surface area contributed by atoms with E-state index in [1.165, 1.54) is 73.0 Å². The second kappa shape index (κ2) is 14.4. The van der Waals surface area contributed by atoms with Crippen molar-refractivity contribution < 1.29 is 9.59 Å². The van der Waals surface area contributed by atoms with Crippen LogP contribution in [0.3, 0.4) is 0 Å². The minimum absolute atomic E-state index is 0.0182. The Morgan fingerprint density at radius 3 is 1.83 bits per heavy atom. The standard InChI is InChI=1S/C33H42O2S/c1-5-28-29(6-2)33(35)30(25(4)32(28)34)17-15-13-11-9-7-8-10-12-14-16-26-18-20-27(21-19-26)31-22-24(3)23-36-31/h5-6,18-22H,3,7-17,23H2,1-2,4H3/b28-5+,29-6+. The van der Waals surface area contributed by atoms with Gasteiger partial charge in [-0.05, 0) is 69.2 Å². The van der Waals surface area contributed by atoms with E-state index in [1.54, 1.807) is 12.2 Å². The van der Waals surface area contributed by atoms with Gasteiger partial charge in [-0.2, -0.15) is 0 Å². The second-order valence-electron chi connectivity index (χ2n) is 10.0. The Balaban J connectivity index is 1.24. The van der Waals surface area contributed by atoms with Crippen LogP contribution in [0.15, 0.2) is 76.9 Å². The number of Topliss-reactive ketones (excluding diaryl/α,β-unsaturated/α-hetero) is 2. The van der Waals surface area contributed by atoms with Crippen LogP contribution in [0.25, 0.3) is 4.91 Å². The maximum absolute atomic E-state index is 12.8. The van der Waals surface area contributed by atoms with Crippen LogP contribution < -0.4 is 0 Å². The van der Waals surface area contributed by atoms with Crippen LogP contribution >= 0.6 is 11.8 Å². The number of hydrogen-bond acceptors (Lipinski definition) is 3. The van der Waals surface area contributed by atoms with Crippen LogP contribution in [0.1, 0.15) is 96.1 Å². The molecule has 0 unspecified atom stereocenters. The van der Waals surface area contributed by atoms with E-state index >= 15 is 0 Å². The van der Waals surface area contributed by atoms with Gasteiger partial charge >= 0.3 is 0 Å². The number of hydrogen-bond donors (Lipinski definition) is 0. The van der Waals surface area contributed by atoms with Crippen LogP contribution in [0, 0.1) is 0 Å². The smallest absolute Gasteiger partial charge is 0.189 e. The molecule has 0 N–H and O–H groups in total. The van der Waals surface area contributed by atoms with E-state index in [0.717, 1.165) is 30.6 Å². The van der Waals surface area contributed by atoms with E-state index in [0.29, 0.717) is 16.7 Å². The summed E-state index contributed by atoms with van der Waals surface area (Å²) in [5, 5.41) is 0. The molecule has 1 aliphatic carbocycles. The molecule has 0 saturated carbocycles. The summed E-state index contributed by atoms with van der Waals surface area (Å²) in [4.78, 5) is 26.8. The predicted molar refractivity (Wildman–Crippen MR) is 156 cm³/mol. The third-order valence-electron chi connectivity index (χ3n) is 7.30. The normalized spacial score (nSPS) is 18.6. The Morgan fingerprint density at radius 2 is 1.31 bits per heavy atom. The molecule has 0 atom stereocenters. The van der Waals surface area contributed by atoms with Crippen LogP contribution in [0.4, 0.5) is 0 Å². The fourth-order valence-electron chi connectivity index (χ4n) is 5.10. The van der Waals surface area contributed by atoms with Gasteiger partial charge < -0.3 is 0 Å².